The van der Waals surface area contributed by atoms with E-state index in [9.17, 15) is 4.79 Å². The minimum absolute atomic E-state index is 0.149. The molecule has 2 heterocycles. The summed E-state index contributed by atoms with van der Waals surface area (Å²) >= 11 is 5.95. The number of benzene rings is 2. The van der Waals surface area contributed by atoms with Crippen LogP contribution in [0.1, 0.15) is 5.69 Å². The summed E-state index contributed by atoms with van der Waals surface area (Å²) in [6, 6.07) is 14.8. The maximum absolute atomic E-state index is 12.8. The molecule has 0 aliphatic rings. The lowest BCUT2D eigenvalue weighted by atomic mass is 10.0. The summed E-state index contributed by atoms with van der Waals surface area (Å²) in [4.78, 5) is 17.3. The van der Waals surface area contributed by atoms with Crippen molar-refractivity contribution in [1.29, 1.82) is 0 Å². The first-order valence-corrected chi connectivity index (χ1v) is 8.47. The first-order chi connectivity index (χ1) is 12.6. The van der Waals surface area contributed by atoms with Crippen LogP contribution in [0.5, 0.6) is 5.75 Å². The van der Waals surface area contributed by atoms with Crippen molar-refractivity contribution in [3.8, 4) is 22.6 Å². The number of H-pyrrole nitrogens is 1. The molecule has 0 aliphatic heterocycles. The Hall–Kier alpha value is -3.05. The minimum Gasteiger partial charge on any atom is -0.497 e. The lowest BCUT2D eigenvalue weighted by Gasteiger charge is -2.08. The van der Waals surface area contributed by atoms with Gasteiger partial charge in [-0.2, -0.15) is 0 Å². The van der Waals surface area contributed by atoms with Gasteiger partial charge in [-0.1, -0.05) is 23.7 Å². The fraction of sp³-hybridized carbons (Fsp3) is 0.100. The summed E-state index contributed by atoms with van der Waals surface area (Å²) in [5.41, 5.74) is 4.02. The Morgan fingerprint density at radius 1 is 1.08 bits per heavy atom. The third kappa shape index (κ3) is 2.66. The summed E-state index contributed by atoms with van der Waals surface area (Å²) in [5.74, 6) is 0.777. The van der Waals surface area contributed by atoms with Gasteiger partial charge in [-0.25, -0.2) is 4.68 Å². The Morgan fingerprint density at radius 3 is 2.42 bits per heavy atom. The zero-order valence-electron chi connectivity index (χ0n) is 14.3. The molecule has 6 heteroatoms. The maximum atomic E-state index is 12.8. The highest BCUT2D eigenvalue weighted by molar-refractivity contribution is 6.30. The van der Waals surface area contributed by atoms with Gasteiger partial charge in [-0.15, -0.1) is 0 Å². The lowest BCUT2D eigenvalue weighted by molar-refractivity contribution is 0.415. The largest absolute Gasteiger partial charge is 0.497 e. The van der Waals surface area contributed by atoms with Gasteiger partial charge in [0.05, 0.1) is 23.7 Å². The Morgan fingerprint density at radius 2 is 1.77 bits per heavy atom. The first-order valence-electron chi connectivity index (χ1n) is 8.09. The number of rotatable bonds is 3. The van der Waals surface area contributed by atoms with E-state index in [1.54, 1.807) is 37.6 Å². The van der Waals surface area contributed by atoms with E-state index in [0.29, 0.717) is 16.1 Å². The van der Waals surface area contributed by atoms with Crippen LogP contribution in [-0.4, -0.2) is 21.9 Å². The molecule has 0 aliphatic carbocycles. The summed E-state index contributed by atoms with van der Waals surface area (Å²) in [6.45, 7) is 1.93. The predicted octanol–water partition coefficient (Wildman–Crippen LogP) is 4.35. The number of nitrogens with zero attached hydrogens (tertiary/aromatic N) is 2. The number of methoxy groups -OCH3 is 1. The van der Waals surface area contributed by atoms with Crippen molar-refractivity contribution in [3.63, 3.8) is 0 Å². The third-order valence-corrected chi connectivity index (χ3v) is 4.64. The van der Waals surface area contributed by atoms with Crippen LogP contribution in [0.4, 0.5) is 0 Å². The van der Waals surface area contributed by atoms with Crippen LogP contribution in [0.3, 0.4) is 0 Å². The number of hydrogen-bond donors (Lipinski definition) is 1. The van der Waals surface area contributed by atoms with Crippen LogP contribution in [0.15, 0.2) is 59.5 Å². The van der Waals surface area contributed by atoms with Crippen molar-refractivity contribution < 1.29 is 4.74 Å². The molecule has 0 radical (unpaired) electrons. The van der Waals surface area contributed by atoms with Gasteiger partial charge in [0.2, 0.25) is 0 Å². The Labute approximate surface area is 154 Å². The van der Waals surface area contributed by atoms with Gasteiger partial charge in [-0.3, -0.25) is 14.9 Å². The first kappa shape index (κ1) is 16.4. The molecule has 4 aromatic rings. The zero-order chi connectivity index (χ0) is 18.3. The number of hydrogen-bond acceptors (Lipinski definition) is 3. The van der Waals surface area contributed by atoms with Crippen LogP contribution in [0.2, 0.25) is 5.02 Å². The molecule has 0 atom stereocenters. The zero-order valence-corrected chi connectivity index (χ0v) is 15.0. The van der Waals surface area contributed by atoms with Crippen LogP contribution in [-0.2, 0) is 0 Å². The van der Waals surface area contributed by atoms with E-state index in [2.05, 4.69) is 10.1 Å². The number of aromatic amines is 1. The van der Waals surface area contributed by atoms with E-state index < -0.39 is 0 Å². The van der Waals surface area contributed by atoms with Crippen molar-refractivity contribution in [1.82, 2.24) is 14.8 Å². The molecule has 4 rings (SSSR count). The molecule has 0 fully saturated rings. The van der Waals surface area contributed by atoms with E-state index in [0.717, 1.165) is 28.1 Å². The summed E-state index contributed by atoms with van der Waals surface area (Å²) < 4.78 is 6.73. The molecule has 26 heavy (non-hydrogen) atoms. The standard InChI is InChI=1S/C20H16ClN3O2/c1-12-18(13-3-9-16(26-2)10-4-13)19-17(11-22-12)20(25)24(23-19)15-7-5-14(21)6-8-15/h3-11,23H,1-2H3. The van der Waals surface area contributed by atoms with Gasteiger partial charge in [-0.05, 0) is 48.9 Å². The van der Waals surface area contributed by atoms with Crippen LogP contribution in [0.25, 0.3) is 27.7 Å². The van der Waals surface area contributed by atoms with Crippen molar-refractivity contribution in [2.75, 3.05) is 7.11 Å². The molecule has 2 aromatic heterocycles. The van der Waals surface area contributed by atoms with E-state index in [1.165, 1.54) is 4.68 Å². The molecule has 0 amide bonds. The molecule has 2 aromatic carbocycles. The van der Waals surface area contributed by atoms with Crippen LogP contribution in [0, 0.1) is 6.92 Å². The average Bonchev–Trinajstić information content (AvgIpc) is 2.99. The highest BCUT2D eigenvalue weighted by Crippen LogP contribution is 2.30. The molecule has 5 nitrogen and oxygen atoms in total. The fourth-order valence-corrected chi connectivity index (χ4v) is 3.18. The number of fused-ring (bicyclic) bond motifs is 1. The third-order valence-electron chi connectivity index (χ3n) is 4.39. The molecule has 0 bridgehead atoms. The topological polar surface area (TPSA) is 59.9 Å². The molecule has 0 unspecified atom stereocenters. The van der Waals surface area contributed by atoms with Gasteiger partial charge in [0.25, 0.3) is 5.56 Å². The number of aromatic nitrogens is 3. The fourth-order valence-electron chi connectivity index (χ4n) is 3.05. The molecule has 1 N–H and O–H groups in total. The molecule has 0 spiro atoms. The highest BCUT2D eigenvalue weighted by Gasteiger charge is 2.16. The molecule has 130 valence electrons. The maximum Gasteiger partial charge on any atom is 0.280 e. The molecule has 0 saturated heterocycles. The van der Waals surface area contributed by atoms with E-state index >= 15 is 0 Å². The Balaban J connectivity index is 1.96. The molecule has 0 saturated carbocycles. The second-order valence-electron chi connectivity index (χ2n) is 5.96. The smallest absolute Gasteiger partial charge is 0.280 e. The van der Waals surface area contributed by atoms with E-state index in [4.69, 9.17) is 16.3 Å². The van der Waals surface area contributed by atoms with Crippen LogP contribution < -0.4 is 10.3 Å². The Kier molecular flexibility index (Phi) is 4.01. The average molecular weight is 366 g/mol. The van der Waals surface area contributed by atoms with Crippen molar-refractivity contribution in [2.24, 2.45) is 0 Å². The highest BCUT2D eigenvalue weighted by atomic mass is 35.5. The normalized spacial score (nSPS) is 11.0. The van der Waals surface area contributed by atoms with Crippen molar-refractivity contribution in [2.45, 2.75) is 6.92 Å². The van der Waals surface area contributed by atoms with Gasteiger partial charge in [0, 0.05) is 22.5 Å². The van der Waals surface area contributed by atoms with Crippen molar-refractivity contribution >= 4 is 22.5 Å². The van der Waals surface area contributed by atoms with Gasteiger partial charge >= 0.3 is 0 Å². The van der Waals surface area contributed by atoms with E-state index in [1.807, 2.05) is 31.2 Å². The summed E-state index contributed by atoms with van der Waals surface area (Å²) in [7, 11) is 1.63. The number of halogens is 1. The SMILES string of the molecule is COc1ccc(-c2c(C)ncc3c(=O)n(-c4ccc(Cl)cc4)[nH]c23)cc1. The number of nitrogens with one attached hydrogen (secondary N) is 1. The predicted molar refractivity (Wildman–Crippen MR) is 103 cm³/mol. The van der Waals surface area contributed by atoms with E-state index in [-0.39, 0.29) is 5.56 Å². The number of aryl methyl sites for hydroxylation is 1. The van der Waals surface area contributed by atoms with Crippen LogP contribution >= 0.6 is 11.6 Å². The molecular weight excluding hydrogens is 350 g/mol. The quantitative estimate of drug-likeness (QED) is 0.587. The monoisotopic (exact) mass is 365 g/mol. The summed E-state index contributed by atoms with van der Waals surface area (Å²) in [6.07, 6.45) is 1.61. The minimum atomic E-state index is -0.149. The number of pyridine rings is 1. The molecular formula is C20H16ClN3O2. The Bertz CT molecular complexity index is 1140. The summed E-state index contributed by atoms with van der Waals surface area (Å²) in [5, 5.41) is 4.38. The lowest BCUT2D eigenvalue weighted by Crippen LogP contribution is -2.14. The second kappa shape index (κ2) is 6.35. The van der Waals surface area contributed by atoms with Gasteiger partial charge in [0.1, 0.15) is 5.75 Å². The van der Waals surface area contributed by atoms with Gasteiger partial charge < -0.3 is 4.74 Å². The second-order valence-corrected chi connectivity index (χ2v) is 6.40. The van der Waals surface area contributed by atoms with Gasteiger partial charge in [0.15, 0.2) is 0 Å². The van der Waals surface area contributed by atoms with Crippen molar-refractivity contribution in [3.05, 3.63) is 75.8 Å². The number of ether oxygens (including phenoxy) is 1.